The van der Waals surface area contributed by atoms with E-state index in [9.17, 15) is 0 Å². The Bertz CT molecular complexity index is 90.2. The molecule has 0 aliphatic heterocycles. The lowest BCUT2D eigenvalue weighted by atomic mass is 10.3. The zero-order valence-electron chi connectivity index (χ0n) is 7.64. The van der Waals surface area contributed by atoms with Crippen LogP contribution in [-0.2, 0) is 4.74 Å². The van der Waals surface area contributed by atoms with Crippen molar-refractivity contribution in [2.45, 2.75) is 19.4 Å². The van der Waals surface area contributed by atoms with Crippen molar-refractivity contribution < 1.29 is 4.74 Å². The minimum Gasteiger partial charge on any atom is -0.383 e. The largest absolute Gasteiger partial charge is 0.383 e. The van der Waals surface area contributed by atoms with Gasteiger partial charge in [-0.2, -0.15) is 0 Å². The highest BCUT2D eigenvalue weighted by molar-refractivity contribution is 9.09. The molecule has 0 spiro atoms. The Hall–Kier alpha value is 0.400. The highest BCUT2D eigenvalue weighted by Gasteiger charge is 2.06. The molecule has 1 atom stereocenters. The summed E-state index contributed by atoms with van der Waals surface area (Å²) in [5.41, 5.74) is 0. The van der Waals surface area contributed by atoms with Crippen LogP contribution in [0.15, 0.2) is 0 Å². The molecule has 0 aromatic rings. The first-order chi connectivity index (χ1) is 5.22. The molecule has 68 valence electrons. The number of alkyl halides is 1. The van der Waals surface area contributed by atoms with E-state index >= 15 is 0 Å². The van der Waals surface area contributed by atoms with E-state index in [1.54, 1.807) is 7.11 Å². The highest BCUT2D eigenvalue weighted by atomic mass is 79.9. The molecule has 0 heterocycles. The summed E-state index contributed by atoms with van der Waals surface area (Å²) in [6.07, 6.45) is 1.20. The lowest BCUT2D eigenvalue weighted by Crippen LogP contribution is -2.33. The summed E-state index contributed by atoms with van der Waals surface area (Å²) in [5.74, 6) is 0. The summed E-state index contributed by atoms with van der Waals surface area (Å²) >= 11 is 3.41. The van der Waals surface area contributed by atoms with Crippen molar-refractivity contribution in [1.29, 1.82) is 0 Å². The Morgan fingerprint density at radius 3 is 2.64 bits per heavy atom. The fourth-order valence-corrected chi connectivity index (χ4v) is 1.15. The van der Waals surface area contributed by atoms with Crippen LogP contribution in [0.25, 0.3) is 0 Å². The van der Waals surface area contributed by atoms with Crippen molar-refractivity contribution >= 4 is 15.9 Å². The molecule has 1 unspecified atom stereocenters. The molecule has 0 rings (SSSR count). The van der Waals surface area contributed by atoms with Crippen molar-refractivity contribution in [1.82, 2.24) is 4.90 Å². The van der Waals surface area contributed by atoms with Crippen LogP contribution in [0.5, 0.6) is 0 Å². The number of methoxy groups -OCH3 is 1. The van der Waals surface area contributed by atoms with Gasteiger partial charge < -0.3 is 9.64 Å². The van der Waals surface area contributed by atoms with E-state index in [1.807, 2.05) is 0 Å². The topological polar surface area (TPSA) is 12.5 Å². The van der Waals surface area contributed by atoms with Gasteiger partial charge in [-0.25, -0.2) is 0 Å². The van der Waals surface area contributed by atoms with Gasteiger partial charge in [0.2, 0.25) is 0 Å². The van der Waals surface area contributed by atoms with Gasteiger partial charge in [0.05, 0.1) is 6.61 Å². The third-order valence-corrected chi connectivity index (χ3v) is 2.37. The Balaban J connectivity index is 3.38. The molecule has 0 bridgehead atoms. The molecular formula is C8H18BrNO. The van der Waals surface area contributed by atoms with E-state index in [1.165, 1.54) is 6.42 Å². The van der Waals surface area contributed by atoms with Gasteiger partial charge in [-0.3, -0.25) is 0 Å². The monoisotopic (exact) mass is 223 g/mol. The van der Waals surface area contributed by atoms with Crippen molar-refractivity contribution in [3.05, 3.63) is 0 Å². The maximum atomic E-state index is 5.05. The van der Waals surface area contributed by atoms with E-state index in [4.69, 9.17) is 4.74 Å². The summed E-state index contributed by atoms with van der Waals surface area (Å²) in [6, 6.07) is 0.527. The lowest BCUT2D eigenvalue weighted by molar-refractivity contribution is 0.116. The Kier molecular flexibility index (Phi) is 7.33. The number of hydrogen-bond acceptors (Lipinski definition) is 2. The molecule has 0 saturated carbocycles. The van der Waals surface area contributed by atoms with Crippen molar-refractivity contribution in [3.63, 3.8) is 0 Å². The van der Waals surface area contributed by atoms with Gasteiger partial charge >= 0.3 is 0 Å². The predicted octanol–water partition coefficient (Wildman–Crippen LogP) is 1.74. The van der Waals surface area contributed by atoms with Crippen LogP contribution in [0.2, 0.25) is 0 Å². The fraction of sp³-hybridized carbons (Fsp3) is 1.00. The van der Waals surface area contributed by atoms with Crippen LogP contribution in [0.4, 0.5) is 0 Å². The number of halogens is 1. The zero-order valence-corrected chi connectivity index (χ0v) is 9.23. The molecule has 0 saturated heterocycles. The number of ether oxygens (including phenoxy) is 1. The third kappa shape index (κ3) is 5.65. The second-order valence-electron chi connectivity index (χ2n) is 2.83. The van der Waals surface area contributed by atoms with Crippen LogP contribution in [0, 0.1) is 0 Å². The van der Waals surface area contributed by atoms with Crippen molar-refractivity contribution in [2.24, 2.45) is 0 Å². The molecular weight excluding hydrogens is 206 g/mol. The van der Waals surface area contributed by atoms with Crippen molar-refractivity contribution in [3.8, 4) is 0 Å². The quantitative estimate of drug-likeness (QED) is 0.637. The summed E-state index contributed by atoms with van der Waals surface area (Å²) < 4.78 is 5.05. The maximum absolute atomic E-state index is 5.05. The molecule has 0 fully saturated rings. The number of hydrogen-bond donors (Lipinski definition) is 0. The normalized spacial score (nSPS) is 13.9. The highest BCUT2D eigenvalue weighted by Crippen LogP contribution is 1.98. The molecule has 0 amide bonds. The first-order valence-corrected chi connectivity index (χ1v) is 5.09. The number of likely N-dealkylation sites (N-methyl/N-ethyl adjacent to an activating group) is 1. The smallest absolute Gasteiger partial charge is 0.0615 e. The third-order valence-electron chi connectivity index (χ3n) is 1.80. The van der Waals surface area contributed by atoms with E-state index in [2.05, 4.69) is 34.8 Å². The summed E-state index contributed by atoms with van der Waals surface area (Å²) in [4.78, 5) is 2.31. The Labute approximate surface area is 78.0 Å². The van der Waals surface area contributed by atoms with Crippen LogP contribution in [0.3, 0.4) is 0 Å². The predicted molar refractivity (Wildman–Crippen MR) is 52.4 cm³/mol. The molecule has 0 aliphatic rings. The van der Waals surface area contributed by atoms with Crippen LogP contribution < -0.4 is 0 Å². The summed E-state index contributed by atoms with van der Waals surface area (Å²) in [5, 5.41) is 1.08. The van der Waals surface area contributed by atoms with Gasteiger partial charge in [0.1, 0.15) is 0 Å². The molecule has 0 radical (unpaired) electrons. The van der Waals surface area contributed by atoms with Gasteiger partial charge in [-0.15, -0.1) is 0 Å². The molecule has 0 aromatic heterocycles. The van der Waals surface area contributed by atoms with E-state index in [-0.39, 0.29) is 0 Å². The minimum absolute atomic E-state index is 0.527. The zero-order chi connectivity index (χ0) is 8.69. The summed E-state index contributed by atoms with van der Waals surface area (Å²) in [7, 11) is 3.88. The van der Waals surface area contributed by atoms with E-state index < -0.39 is 0 Å². The first-order valence-electron chi connectivity index (χ1n) is 3.97. The van der Waals surface area contributed by atoms with E-state index in [0.29, 0.717) is 6.04 Å². The SMILES string of the molecule is COCC(C)N(C)CCCBr. The molecule has 0 aromatic carbocycles. The number of rotatable bonds is 6. The molecule has 3 heteroatoms. The Morgan fingerprint density at radius 1 is 1.55 bits per heavy atom. The summed E-state index contributed by atoms with van der Waals surface area (Å²) in [6.45, 7) is 4.13. The molecule has 0 N–H and O–H groups in total. The second-order valence-corrected chi connectivity index (χ2v) is 3.62. The van der Waals surface area contributed by atoms with Crippen molar-refractivity contribution in [2.75, 3.05) is 32.6 Å². The first kappa shape index (κ1) is 11.4. The van der Waals surface area contributed by atoms with Crippen LogP contribution in [0.1, 0.15) is 13.3 Å². The standard InChI is InChI=1S/C8H18BrNO/c1-8(7-11-3)10(2)6-4-5-9/h8H,4-7H2,1-3H3. The van der Waals surface area contributed by atoms with E-state index in [0.717, 1.165) is 18.5 Å². The lowest BCUT2D eigenvalue weighted by Gasteiger charge is -2.23. The minimum atomic E-state index is 0.527. The average molecular weight is 224 g/mol. The Morgan fingerprint density at radius 2 is 2.18 bits per heavy atom. The molecule has 2 nitrogen and oxygen atoms in total. The maximum Gasteiger partial charge on any atom is 0.0615 e. The van der Waals surface area contributed by atoms with Crippen LogP contribution in [-0.4, -0.2) is 43.6 Å². The second kappa shape index (κ2) is 7.07. The van der Waals surface area contributed by atoms with Gasteiger partial charge in [-0.1, -0.05) is 15.9 Å². The molecule has 0 aliphatic carbocycles. The van der Waals surface area contributed by atoms with Gasteiger partial charge in [0.15, 0.2) is 0 Å². The van der Waals surface area contributed by atoms with Gasteiger partial charge in [-0.05, 0) is 26.9 Å². The molecule has 11 heavy (non-hydrogen) atoms. The average Bonchev–Trinajstić information content (AvgIpc) is 2.00. The fourth-order valence-electron chi connectivity index (χ4n) is 0.898. The van der Waals surface area contributed by atoms with Crippen LogP contribution >= 0.6 is 15.9 Å². The van der Waals surface area contributed by atoms with Gasteiger partial charge in [0.25, 0.3) is 0 Å². The number of nitrogens with zero attached hydrogens (tertiary/aromatic N) is 1. The van der Waals surface area contributed by atoms with Gasteiger partial charge in [0, 0.05) is 18.5 Å².